The third-order valence-electron chi connectivity index (χ3n) is 4.67. The van der Waals surface area contributed by atoms with E-state index in [0.29, 0.717) is 5.56 Å². The summed E-state index contributed by atoms with van der Waals surface area (Å²) in [6.45, 7) is 0.897. The fourth-order valence-corrected chi connectivity index (χ4v) is 2.95. The summed E-state index contributed by atoms with van der Waals surface area (Å²) in [6.07, 6.45) is 3.06. The fourth-order valence-electron chi connectivity index (χ4n) is 2.95. The van der Waals surface area contributed by atoms with Crippen molar-refractivity contribution < 1.29 is 23.0 Å². The van der Waals surface area contributed by atoms with E-state index >= 15 is 0 Å². The number of ether oxygens (including phenoxy) is 2. The zero-order valence-electron chi connectivity index (χ0n) is 16.8. The molecule has 1 amide bonds. The number of benzene rings is 2. The third-order valence-corrected chi connectivity index (χ3v) is 4.67. The van der Waals surface area contributed by atoms with Gasteiger partial charge in [-0.3, -0.25) is 4.79 Å². The van der Waals surface area contributed by atoms with Gasteiger partial charge in [0.25, 0.3) is 5.91 Å². The summed E-state index contributed by atoms with van der Waals surface area (Å²) in [5, 5.41) is 4.08. The van der Waals surface area contributed by atoms with Gasteiger partial charge in [-0.2, -0.15) is 13.9 Å². The van der Waals surface area contributed by atoms with Crippen molar-refractivity contribution in [1.82, 2.24) is 19.7 Å². The number of hydrogen-bond donors (Lipinski definition) is 0. The Bertz CT molecular complexity index is 978. The van der Waals surface area contributed by atoms with Crippen LogP contribution in [0.2, 0.25) is 0 Å². The Morgan fingerprint density at radius 1 is 1.17 bits per heavy atom. The minimum absolute atomic E-state index is 0.0990. The summed E-state index contributed by atoms with van der Waals surface area (Å²) in [4.78, 5) is 18.5. The van der Waals surface area contributed by atoms with E-state index in [0.717, 1.165) is 11.3 Å². The minimum atomic E-state index is -2.98. The average molecular weight is 416 g/mol. The standard InChI is InChI=1S/C21H22F2N4O3/c1-4-29-19-11-16(7-10-18(19)30-21(22)23)20(28)26(3)14(2)15-5-8-17(9-6-15)27-13-24-12-25-27/h5-14,21H,4H2,1-3H3/t14-/m0/s1. The Kier molecular flexibility index (Phi) is 6.61. The van der Waals surface area contributed by atoms with Crippen LogP contribution in [0, 0.1) is 0 Å². The molecule has 1 heterocycles. The molecule has 7 nitrogen and oxygen atoms in total. The molecule has 0 saturated carbocycles. The predicted octanol–water partition coefficient (Wildman–Crippen LogP) is 4.10. The monoisotopic (exact) mass is 416 g/mol. The molecule has 0 bridgehead atoms. The molecule has 30 heavy (non-hydrogen) atoms. The van der Waals surface area contributed by atoms with Crippen LogP contribution in [-0.2, 0) is 0 Å². The highest BCUT2D eigenvalue weighted by Gasteiger charge is 2.21. The minimum Gasteiger partial charge on any atom is -0.490 e. The first kappa shape index (κ1) is 21.2. The summed E-state index contributed by atoms with van der Waals surface area (Å²) in [6, 6.07) is 11.6. The molecule has 0 spiro atoms. The van der Waals surface area contributed by atoms with E-state index in [1.165, 1.54) is 24.5 Å². The number of nitrogens with zero attached hydrogens (tertiary/aromatic N) is 4. The van der Waals surface area contributed by atoms with Gasteiger partial charge in [-0.25, -0.2) is 9.67 Å². The zero-order chi connectivity index (χ0) is 21.7. The smallest absolute Gasteiger partial charge is 0.387 e. The molecule has 0 saturated heterocycles. The molecule has 0 unspecified atom stereocenters. The van der Waals surface area contributed by atoms with Crippen molar-refractivity contribution in [2.45, 2.75) is 26.5 Å². The molecule has 0 fully saturated rings. The number of amides is 1. The van der Waals surface area contributed by atoms with E-state index in [1.807, 2.05) is 31.2 Å². The van der Waals surface area contributed by atoms with Crippen molar-refractivity contribution in [3.05, 3.63) is 66.2 Å². The summed E-state index contributed by atoms with van der Waals surface area (Å²) < 4.78 is 36.6. The van der Waals surface area contributed by atoms with Crippen molar-refractivity contribution >= 4 is 5.91 Å². The summed E-state index contributed by atoms with van der Waals surface area (Å²) in [7, 11) is 1.68. The van der Waals surface area contributed by atoms with Gasteiger partial charge in [-0.05, 0) is 49.7 Å². The normalized spacial score (nSPS) is 11.9. The third kappa shape index (κ3) is 4.73. The van der Waals surface area contributed by atoms with Gasteiger partial charge in [0.15, 0.2) is 11.5 Å². The zero-order valence-corrected chi connectivity index (χ0v) is 16.8. The van der Waals surface area contributed by atoms with Crippen molar-refractivity contribution in [2.24, 2.45) is 0 Å². The Balaban J connectivity index is 1.77. The Morgan fingerprint density at radius 3 is 2.50 bits per heavy atom. The molecule has 1 aromatic heterocycles. The number of alkyl halides is 2. The maximum Gasteiger partial charge on any atom is 0.387 e. The molecule has 0 aliphatic carbocycles. The molecule has 0 aliphatic heterocycles. The number of aromatic nitrogens is 3. The van der Waals surface area contributed by atoms with Gasteiger partial charge >= 0.3 is 6.61 Å². The molecule has 9 heteroatoms. The number of halogens is 2. The number of carbonyl (C=O) groups excluding carboxylic acids is 1. The average Bonchev–Trinajstić information content (AvgIpc) is 3.28. The quantitative estimate of drug-likeness (QED) is 0.553. The molecule has 2 aromatic carbocycles. The van der Waals surface area contributed by atoms with E-state index in [-0.39, 0.29) is 30.1 Å². The number of hydrogen-bond acceptors (Lipinski definition) is 5. The van der Waals surface area contributed by atoms with Crippen LogP contribution in [0.4, 0.5) is 8.78 Å². The van der Waals surface area contributed by atoms with Crippen LogP contribution in [0.15, 0.2) is 55.1 Å². The number of rotatable bonds is 8. The Labute approximate surface area is 172 Å². The van der Waals surface area contributed by atoms with E-state index in [2.05, 4.69) is 14.8 Å². The largest absolute Gasteiger partial charge is 0.490 e. The first-order valence-electron chi connectivity index (χ1n) is 9.34. The highest BCUT2D eigenvalue weighted by molar-refractivity contribution is 5.95. The highest BCUT2D eigenvalue weighted by Crippen LogP contribution is 2.31. The molecule has 158 valence electrons. The van der Waals surface area contributed by atoms with E-state index in [1.54, 1.807) is 29.9 Å². The van der Waals surface area contributed by atoms with Gasteiger partial charge in [0.05, 0.1) is 18.3 Å². The van der Waals surface area contributed by atoms with Crippen LogP contribution in [-0.4, -0.2) is 45.8 Å². The maximum absolute atomic E-state index is 13.0. The summed E-state index contributed by atoms with van der Waals surface area (Å²) in [5.41, 5.74) is 2.10. The van der Waals surface area contributed by atoms with Crippen LogP contribution in [0.3, 0.4) is 0 Å². The first-order valence-corrected chi connectivity index (χ1v) is 9.34. The fraction of sp³-hybridized carbons (Fsp3) is 0.286. The lowest BCUT2D eigenvalue weighted by atomic mass is 10.1. The summed E-state index contributed by atoms with van der Waals surface area (Å²) in [5.74, 6) is -0.280. The first-order chi connectivity index (χ1) is 14.4. The van der Waals surface area contributed by atoms with Crippen molar-refractivity contribution in [3.8, 4) is 17.2 Å². The van der Waals surface area contributed by atoms with Crippen molar-refractivity contribution in [1.29, 1.82) is 0 Å². The Morgan fingerprint density at radius 2 is 1.90 bits per heavy atom. The molecule has 0 aliphatic rings. The van der Waals surface area contributed by atoms with Gasteiger partial charge in [0.1, 0.15) is 12.7 Å². The van der Waals surface area contributed by atoms with Gasteiger partial charge in [0.2, 0.25) is 0 Å². The SMILES string of the molecule is CCOc1cc(C(=O)N(C)[C@@H](C)c2ccc(-n3cncn3)cc2)ccc1OC(F)F. The molecular weight excluding hydrogens is 394 g/mol. The molecule has 3 aromatic rings. The van der Waals surface area contributed by atoms with E-state index in [9.17, 15) is 13.6 Å². The second kappa shape index (κ2) is 9.34. The molecule has 3 rings (SSSR count). The number of carbonyl (C=O) groups is 1. The second-order valence-corrected chi connectivity index (χ2v) is 6.50. The van der Waals surface area contributed by atoms with Gasteiger partial charge in [-0.15, -0.1) is 0 Å². The molecule has 1 atom stereocenters. The maximum atomic E-state index is 13.0. The van der Waals surface area contributed by atoms with Crippen LogP contribution in [0.5, 0.6) is 11.5 Å². The van der Waals surface area contributed by atoms with Gasteiger partial charge in [0, 0.05) is 12.6 Å². The second-order valence-electron chi connectivity index (χ2n) is 6.50. The van der Waals surface area contributed by atoms with Gasteiger partial charge in [-0.1, -0.05) is 12.1 Å². The van der Waals surface area contributed by atoms with Crippen LogP contribution in [0.1, 0.15) is 35.8 Å². The van der Waals surface area contributed by atoms with E-state index in [4.69, 9.17) is 4.74 Å². The van der Waals surface area contributed by atoms with Crippen molar-refractivity contribution in [3.63, 3.8) is 0 Å². The molecule has 0 N–H and O–H groups in total. The van der Waals surface area contributed by atoms with Crippen LogP contribution >= 0.6 is 0 Å². The van der Waals surface area contributed by atoms with Crippen LogP contribution in [0.25, 0.3) is 5.69 Å². The molecular formula is C21H22F2N4O3. The topological polar surface area (TPSA) is 69.5 Å². The lowest BCUT2D eigenvalue weighted by Crippen LogP contribution is -2.29. The summed E-state index contributed by atoms with van der Waals surface area (Å²) >= 11 is 0. The van der Waals surface area contributed by atoms with Crippen molar-refractivity contribution in [2.75, 3.05) is 13.7 Å². The predicted molar refractivity (Wildman–Crippen MR) is 106 cm³/mol. The van der Waals surface area contributed by atoms with E-state index < -0.39 is 6.61 Å². The lowest BCUT2D eigenvalue weighted by Gasteiger charge is -2.26. The van der Waals surface area contributed by atoms with Crippen LogP contribution < -0.4 is 9.47 Å². The lowest BCUT2D eigenvalue weighted by molar-refractivity contribution is -0.0514. The highest BCUT2D eigenvalue weighted by atomic mass is 19.3. The Hall–Kier alpha value is -3.49. The van der Waals surface area contributed by atoms with Gasteiger partial charge < -0.3 is 14.4 Å². The molecule has 0 radical (unpaired) electrons.